The summed E-state index contributed by atoms with van der Waals surface area (Å²) < 4.78 is 13.2. The number of carbonyl (C=O) groups is 1. The van der Waals surface area contributed by atoms with Gasteiger partial charge in [-0.1, -0.05) is 53.5 Å². The number of benzene rings is 2. The average Bonchev–Trinajstić information content (AvgIpc) is 3.64. The fraction of sp³-hybridized carbons (Fsp3) is 0.312. The van der Waals surface area contributed by atoms with Crippen LogP contribution in [0, 0.1) is 0 Å². The van der Waals surface area contributed by atoms with Crippen molar-refractivity contribution >= 4 is 34.8 Å². The van der Waals surface area contributed by atoms with Crippen molar-refractivity contribution in [2.45, 2.75) is 31.0 Å². The number of aliphatic hydroxyl groups is 1. The van der Waals surface area contributed by atoms with Crippen molar-refractivity contribution in [3.8, 4) is 28.3 Å². The Labute approximate surface area is 268 Å². The third-order valence-electron chi connectivity index (χ3n) is 8.32. The molecule has 1 amide bonds. The smallest absolute Gasteiger partial charge is 0.330 e. The van der Waals surface area contributed by atoms with Gasteiger partial charge in [0.15, 0.2) is 0 Å². The van der Waals surface area contributed by atoms with Crippen molar-refractivity contribution in [2.24, 2.45) is 14.1 Å². The number of aliphatic hydroxyl groups excluding tert-OH is 1. The molecule has 11 nitrogen and oxygen atoms in total. The van der Waals surface area contributed by atoms with E-state index in [4.69, 9.17) is 37.7 Å². The van der Waals surface area contributed by atoms with Crippen LogP contribution in [0.15, 0.2) is 58.3 Å². The summed E-state index contributed by atoms with van der Waals surface area (Å²) in [5.41, 5.74) is 3.32. The summed E-state index contributed by atoms with van der Waals surface area (Å²) in [6, 6.07) is 12.5. The number of anilines is 1. The minimum absolute atomic E-state index is 0.0302. The number of aryl methyl sites for hydroxylation is 2. The van der Waals surface area contributed by atoms with Crippen LogP contribution in [-0.2, 0) is 25.3 Å². The summed E-state index contributed by atoms with van der Waals surface area (Å²) in [6.07, 6.45) is 2.26. The summed E-state index contributed by atoms with van der Waals surface area (Å²) in [6.45, 7) is 0.761. The molecule has 3 atom stereocenters. The fourth-order valence-corrected chi connectivity index (χ4v) is 6.55. The first kappa shape index (κ1) is 31.0. The summed E-state index contributed by atoms with van der Waals surface area (Å²) >= 11 is 13.8. The summed E-state index contributed by atoms with van der Waals surface area (Å²) in [7, 11) is 4.35. The van der Waals surface area contributed by atoms with E-state index in [-0.39, 0.29) is 28.4 Å². The lowest BCUT2D eigenvalue weighted by Crippen LogP contribution is -2.40. The second kappa shape index (κ2) is 12.4. The quantitative estimate of drug-likeness (QED) is 0.275. The van der Waals surface area contributed by atoms with Crippen LogP contribution in [-0.4, -0.2) is 57.6 Å². The predicted octanol–water partition coefficient (Wildman–Crippen LogP) is 3.72. The Morgan fingerprint density at radius 1 is 1.07 bits per heavy atom. The molecule has 1 aliphatic carbocycles. The Bertz CT molecular complexity index is 1940. The highest BCUT2D eigenvalue weighted by Crippen LogP contribution is 2.44. The minimum atomic E-state index is -0.719. The first-order chi connectivity index (χ1) is 21.6. The Hall–Kier alpha value is -4.00. The number of ether oxygens (including phenoxy) is 2. The SMILES string of the molecule is COc1nc(-c2cccc(-c3cccc(NC(=O)c4cn(C)c(=O)n(C)c4=O)c3Cl)c2Cl)cc2c1[C@@H](N[C@@H]1COC[C@@H]1O)CC2. The van der Waals surface area contributed by atoms with Gasteiger partial charge in [0.1, 0.15) is 5.56 Å². The molecule has 1 aliphatic heterocycles. The van der Waals surface area contributed by atoms with Crippen molar-refractivity contribution in [1.29, 1.82) is 0 Å². The molecule has 1 saturated heterocycles. The number of hydrogen-bond donors (Lipinski definition) is 3. The molecule has 13 heteroatoms. The molecule has 2 aromatic carbocycles. The van der Waals surface area contributed by atoms with Crippen LogP contribution in [0.3, 0.4) is 0 Å². The molecule has 6 rings (SSSR count). The summed E-state index contributed by atoms with van der Waals surface area (Å²) in [5, 5.41) is 17.1. The van der Waals surface area contributed by atoms with Gasteiger partial charge in [-0.25, -0.2) is 9.78 Å². The van der Waals surface area contributed by atoms with Crippen LogP contribution < -0.4 is 26.6 Å². The zero-order valence-corrected chi connectivity index (χ0v) is 26.3. The maximum Gasteiger partial charge on any atom is 0.330 e. The molecule has 0 radical (unpaired) electrons. The van der Waals surface area contributed by atoms with Crippen LogP contribution in [0.1, 0.15) is 33.9 Å². The van der Waals surface area contributed by atoms with Gasteiger partial charge in [0.25, 0.3) is 11.5 Å². The van der Waals surface area contributed by atoms with Crippen molar-refractivity contribution in [3.63, 3.8) is 0 Å². The molecule has 0 saturated carbocycles. The molecule has 0 spiro atoms. The van der Waals surface area contributed by atoms with Crippen LogP contribution >= 0.6 is 23.2 Å². The number of aromatic nitrogens is 3. The highest BCUT2D eigenvalue weighted by Gasteiger charge is 2.34. The lowest BCUT2D eigenvalue weighted by molar-refractivity contribution is 0.102. The second-order valence-corrected chi connectivity index (χ2v) is 11.9. The number of carbonyl (C=O) groups excluding carboxylic acids is 1. The molecule has 45 heavy (non-hydrogen) atoms. The van der Waals surface area contributed by atoms with E-state index in [1.165, 1.54) is 20.3 Å². The van der Waals surface area contributed by atoms with Crippen LogP contribution in [0.2, 0.25) is 10.0 Å². The van der Waals surface area contributed by atoms with E-state index >= 15 is 0 Å². The monoisotopic (exact) mass is 651 g/mol. The van der Waals surface area contributed by atoms with E-state index in [1.807, 2.05) is 24.3 Å². The van der Waals surface area contributed by atoms with E-state index in [0.29, 0.717) is 46.5 Å². The molecule has 0 unspecified atom stereocenters. The first-order valence-electron chi connectivity index (χ1n) is 14.3. The van der Waals surface area contributed by atoms with E-state index < -0.39 is 23.3 Å². The maximum absolute atomic E-state index is 13.1. The van der Waals surface area contributed by atoms with Crippen molar-refractivity contribution < 1.29 is 19.4 Å². The number of methoxy groups -OCH3 is 1. The maximum atomic E-state index is 13.1. The highest BCUT2D eigenvalue weighted by molar-refractivity contribution is 6.39. The van der Waals surface area contributed by atoms with Crippen molar-refractivity contribution in [2.75, 3.05) is 25.6 Å². The van der Waals surface area contributed by atoms with Crippen LogP contribution in [0.4, 0.5) is 5.69 Å². The lowest BCUT2D eigenvalue weighted by Gasteiger charge is -2.22. The van der Waals surface area contributed by atoms with Gasteiger partial charge in [0.2, 0.25) is 5.88 Å². The number of nitrogens with zero attached hydrogens (tertiary/aromatic N) is 3. The molecule has 2 aliphatic rings. The molecule has 234 valence electrons. The number of rotatable bonds is 7. The molecular formula is C32H31Cl2N5O6. The van der Waals surface area contributed by atoms with Crippen LogP contribution in [0.25, 0.3) is 22.4 Å². The highest BCUT2D eigenvalue weighted by atomic mass is 35.5. The van der Waals surface area contributed by atoms with E-state index in [2.05, 4.69) is 10.6 Å². The lowest BCUT2D eigenvalue weighted by atomic mass is 9.99. The Balaban J connectivity index is 1.32. The number of pyridine rings is 1. The summed E-state index contributed by atoms with van der Waals surface area (Å²) in [5.74, 6) is -0.220. The molecule has 2 aromatic heterocycles. The molecule has 3 N–H and O–H groups in total. The molecular weight excluding hydrogens is 621 g/mol. The molecule has 4 aromatic rings. The zero-order chi connectivity index (χ0) is 32.0. The zero-order valence-electron chi connectivity index (χ0n) is 24.8. The standard InChI is InChI=1S/C32H31Cl2N5O6/c1-38-13-20(31(42)39(2)32(38)43)29(41)36-22-9-5-7-18(28(22)34)17-6-4-8-19(27(17)33)23-12-16-10-11-21(26(16)30(37-23)44-3)35-24-14-45-15-25(24)40/h4-9,12-13,21,24-25,35,40H,10-11,14-15H2,1-3H3,(H,36,41)/t21-,24+,25-/m0/s1. The van der Waals surface area contributed by atoms with Gasteiger partial charge in [0.05, 0.1) is 53.9 Å². The van der Waals surface area contributed by atoms with Gasteiger partial charge < -0.3 is 29.8 Å². The number of hydrogen-bond acceptors (Lipinski definition) is 8. The normalized spacial score (nSPS) is 19.0. The van der Waals surface area contributed by atoms with Crippen molar-refractivity contribution in [3.05, 3.63) is 96.2 Å². The van der Waals surface area contributed by atoms with Gasteiger partial charge in [0, 0.05) is 48.6 Å². The van der Waals surface area contributed by atoms with E-state index in [1.54, 1.807) is 25.3 Å². The van der Waals surface area contributed by atoms with Gasteiger partial charge in [-0.05, 0) is 30.5 Å². The molecule has 0 bridgehead atoms. The number of halogens is 2. The van der Waals surface area contributed by atoms with Gasteiger partial charge in [-0.2, -0.15) is 0 Å². The third-order valence-corrected chi connectivity index (χ3v) is 9.14. The fourth-order valence-electron chi connectivity index (χ4n) is 5.95. The minimum Gasteiger partial charge on any atom is -0.481 e. The second-order valence-electron chi connectivity index (χ2n) is 11.1. The third kappa shape index (κ3) is 5.66. The predicted molar refractivity (Wildman–Crippen MR) is 171 cm³/mol. The summed E-state index contributed by atoms with van der Waals surface area (Å²) in [4.78, 5) is 42.6. The van der Waals surface area contributed by atoms with E-state index in [9.17, 15) is 19.5 Å². The molecule has 1 fully saturated rings. The topological polar surface area (TPSA) is 137 Å². The molecule has 3 heterocycles. The van der Waals surface area contributed by atoms with Crippen molar-refractivity contribution in [1.82, 2.24) is 19.4 Å². The number of nitrogens with one attached hydrogen (secondary N) is 2. The average molecular weight is 653 g/mol. The number of amides is 1. The van der Waals surface area contributed by atoms with Gasteiger partial charge in [-0.15, -0.1) is 0 Å². The first-order valence-corrected chi connectivity index (χ1v) is 15.1. The number of fused-ring (bicyclic) bond motifs is 1. The Kier molecular flexibility index (Phi) is 8.55. The van der Waals surface area contributed by atoms with E-state index in [0.717, 1.165) is 33.1 Å². The Morgan fingerprint density at radius 3 is 2.49 bits per heavy atom. The van der Waals surface area contributed by atoms with Gasteiger partial charge in [-0.3, -0.25) is 14.2 Å². The largest absolute Gasteiger partial charge is 0.481 e. The van der Waals surface area contributed by atoms with Crippen LogP contribution in [0.5, 0.6) is 5.88 Å². The van der Waals surface area contributed by atoms with Gasteiger partial charge >= 0.3 is 5.69 Å². The Morgan fingerprint density at radius 2 is 1.78 bits per heavy atom.